The Morgan fingerprint density at radius 2 is 1.83 bits per heavy atom. The third-order valence-corrected chi connectivity index (χ3v) is 4.93. The summed E-state index contributed by atoms with van der Waals surface area (Å²) in [6, 6.07) is 14.8. The van der Waals surface area contributed by atoms with Gasteiger partial charge in [-0.15, -0.1) is 0 Å². The topological polar surface area (TPSA) is 17.8 Å². The smallest absolute Gasteiger partial charge is 0.141 e. The van der Waals surface area contributed by atoms with Crippen LogP contribution in [0.3, 0.4) is 0 Å². The third kappa shape index (κ3) is 2.91. The first-order valence-electron chi connectivity index (χ1n) is 8.18. The molecule has 2 aromatic carbocycles. The zero-order valence-corrected chi connectivity index (χ0v) is 13.8. The molecule has 0 spiro atoms. The summed E-state index contributed by atoms with van der Waals surface area (Å²) in [4.78, 5) is 4.51. The first kappa shape index (κ1) is 14.5. The monoisotopic (exact) mass is 322 g/mol. The van der Waals surface area contributed by atoms with Crippen molar-refractivity contribution in [1.29, 1.82) is 0 Å². The second-order valence-electron chi connectivity index (χ2n) is 6.17. The van der Waals surface area contributed by atoms with Gasteiger partial charge in [-0.2, -0.15) is 0 Å². The van der Waals surface area contributed by atoms with Gasteiger partial charge in [-0.05, 0) is 54.5 Å². The van der Waals surface area contributed by atoms with Gasteiger partial charge in [0.1, 0.15) is 5.82 Å². The van der Waals surface area contributed by atoms with Crippen LogP contribution < -0.4 is 0 Å². The maximum Gasteiger partial charge on any atom is 0.141 e. The highest BCUT2D eigenvalue weighted by atomic mass is 35.5. The van der Waals surface area contributed by atoms with Crippen LogP contribution in [0, 0.1) is 0 Å². The van der Waals surface area contributed by atoms with Crippen molar-refractivity contribution in [3.05, 3.63) is 76.6 Å². The molecule has 0 fully saturated rings. The summed E-state index contributed by atoms with van der Waals surface area (Å²) in [5.41, 5.74) is 5.36. The molecular weight excluding hydrogens is 304 g/mol. The van der Waals surface area contributed by atoms with Gasteiger partial charge in [0.2, 0.25) is 0 Å². The van der Waals surface area contributed by atoms with Crippen molar-refractivity contribution in [2.75, 3.05) is 0 Å². The molecule has 3 heteroatoms. The molecule has 1 heterocycles. The number of nitrogens with zero attached hydrogens (tertiary/aromatic N) is 2. The number of hydrogen-bond acceptors (Lipinski definition) is 1. The van der Waals surface area contributed by atoms with Crippen molar-refractivity contribution < 1.29 is 0 Å². The lowest BCUT2D eigenvalue weighted by atomic mass is 9.90. The van der Waals surface area contributed by atoms with Crippen LogP contribution in [-0.4, -0.2) is 9.55 Å². The number of benzene rings is 2. The lowest BCUT2D eigenvalue weighted by Crippen LogP contribution is -2.06. The molecule has 2 nitrogen and oxygen atoms in total. The molecule has 0 unspecified atom stereocenters. The van der Waals surface area contributed by atoms with Gasteiger partial charge in [0.05, 0.1) is 5.02 Å². The molecule has 116 valence electrons. The molecule has 4 rings (SSSR count). The van der Waals surface area contributed by atoms with Gasteiger partial charge in [-0.25, -0.2) is 4.98 Å². The fourth-order valence-electron chi connectivity index (χ4n) is 3.41. The summed E-state index contributed by atoms with van der Waals surface area (Å²) < 4.78 is 2.17. The van der Waals surface area contributed by atoms with E-state index < -0.39 is 0 Å². The predicted octanol–water partition coefficient (Wildman–Crippen LogP) is 5.13. The van der Waals surface area contributed by atoms with Crippen LogP contribution in [0.2, 0.25) is 5.02 Å². The van der Waals surface area contributed by atoms with Crippen molar-refractivity contribution in [2.24, 2.45) is 0 Å². The molecule has 0 saturated carbocycles. The summed E-state index contributed by atoms with van der Waals surface area (Å²) in [6.45, 7) is 0.827. The Morgan fingerprint density at radius 3 is 2.70 bits per heavy atom. The molecule has 0 radical (unpaired) electrons. The van der Waals surface area contributed by atoms with Crippen molar-refractivity contribution >= 4 is 11.6 Å². The highest BCUT2D eigenvalue weighted by molar-refractivity contribution is 6.33. The number of rotatable bonds is 3. The zero-order valence-electron chi connectivity index (χ0n) is 13.0. The average Bonchev–Trinajstić information content (AvgIpc) is 3.03. The Bertz CT molecular complexity index is 835. The number of aromatic nitrogens is 2. The molecular formula is C20H19ClN2. The molecule has 23 heavy (non-hydrogen) atoms. The zero-order chi connectivity index (χ0) is 15.6. The predicted molar refractivity (Wildman–Crippen MR) is 94.9 cm³/mol. The molecule has 1 aromatic heterocycles. The van der Waals surface area contributed by atoms with E-state index in [1.165, 1.54) is 42.4 Å². The number of halogens is 1. The van der Waals surface area contributed by atoms with E-state index in [0.717, 1.165) is 23.0 Å². The van der Waals surface area contributed by atoms with E-state index in [0.29, 0.717) is 0 Å². The fourth-order valence-corrected chi connectivity index (χ4v) is 3.63. The molecule has 0 saturated heterocycles. The van der Waals surface area contributed by atoms with Crippen LogP contribution in [0.1, 0.15) is 29.5 Å². The van der Waals surface area contributed by atoms with Crippen molar-refractivity contribution in [2.45, 2.75) is 32.2 Å². The Morgan fingerprint density at radius 1 is 1.00 bits per heavy atom. The maximum atomic E-state index is 6.33. The number of imidazole rings is 1. The van der Waals surface area contributed by atoms with E-state index in [4.69, 9.17) is 11.6 Å². The highest BCUT2D eigenvalue weighted by Gasteiger charge is 2.12. The summed E-state index contributed by atoms with van der Waals surface area (Å²) in [7, 11) is 0. The molecule has 1 aliphatic carbocycles. The van der Waals surface area contributed by atoms with Gasteiger partial charge in [0, 0.05) is 24.5 Å². The Hall–Kier alpha value is -2.06. The Labute approximate surface area is 141 Å². The first-order chi connectivity index (χ1) is 11.3. The highest BCUT2D eigenvalue weighted by Crippen LogP contribution is 2.27. The van der Waals surface area contributed by atoms with Crippen LogP contribution in [0.25, 0.3) is 11.4 Å². The molecule has 1 aliphatic rings. The number of fused-ring (bicyclic) bond motifs is 1. The molecule has 0 atom stereocenters. The summed E-state index contributed by atoms with van der Waals surface area (Å²) in [5, 5.41) is 0.741. The number of aryl methyl sites for hydroxylation is 2. The molecule has 0 bridgehead atoms. The quantitative estimate of drug-likeness (QED) is 0.653. The lowest BCUT2D eigenvalue weighted by molar-refractivity contribution is 0.682. The van der Waals surface area contributed by atoms with Gasteiger partial charge in [-0.3, -0.25) is 0 Å². The van der Waals surface area contributed by atoms with E-state index >= 15 is 0 Å². The van der Waals surface area contributed by atoms with E-state index in [-0.39, 0.29) is 0 Å². The van der Waals surface area contributed by atoms with Crippen molar-refractivity contribution in [3.63, 3.8) is 0 Å². The van der Waals surface area contributed by atoms with Crippen LogP contribution in [0.5, 0.6) is 0 Å². The molecule has 0 amide bonds. The van der Waals surface area contributed by atoms with E-state index in [9.17, 15) is 0 Å². The molecule has 3 aromatic rings. The van der Waals surface area contributed by atoms with Gasteiger partial charge in [0.25, 0.3) is 0 Å². The minimum Gasteiger partial charge on any atom is -0.327 e. The minimum atomic E-state index is 0.741. The largest absolute Gasteiger partial charge is 0.327 e. The van der Waals surface area contributed by atoms with Crippen LogP contribution >= 0.6 is 11.6 Å². The number of hydrogen-bond donors (Lipinski definition) is 0. The summed E-state index contributed by atoms with van der Waals surface area (Å²) in [6.07, 6.45) is 8.95. The molecule has 0 aliphatic heterocycles. The lowest BCUT2D eigenvalue weighted by Gasteiger charge is -2.17. The van der Waals surface area contributed by atoms with Gasteiger partial charge < -0.3 is 4.57 Å². The van der Waals surface area contributed by atoms with Gasteiger partial charge in [-0.1, -0.05) is 41.9 Å². The molecule has 0 N–H and O–H groups in total. The van der Waals surface area contributed by atoms with Crippen molar-refractivity contribution in [3.8, 4) is 11.4 Å². The Kier molecular flexibility index (Phi) is 3.92. The second kappa shape index (κ2) is 6.21. The standard InChI is InChI=1S/C20H19ClN2/c21-19-8-4-3-7-18(19)20-22-11-12-23(20)14-15-9-10-16-5-1-2-6-17(16)13-15/h3-4,7-13H,1-2,5-6,14H2. The maximum absolute atomic E-state index is 6.33. The van der Waals surface area contributed by atoms with E-state index in [1.54, 1.807) is 0 Å². The summed E-state index contributed by atoms with van der Waals surface area (Å²) >= 11 is 6.33. The average molecular weight is 323 g/mol. The normalized spacial score (nSPS) is 13.8. The fraction of sp³-hybridized carbons (Fsp3) is 0.250. The Balaban J connectivity index is 1.66. The van der Waals surface area contributed by atoms with Gasteiger partial charge in [0.15, 0.2) is 0 Å². The van der Waals surface area contributed by atoms with Crippen LogP contribution in [0.15, 0.2) is 54.9 Å². The first-order valence-corrected chi connectivity index (χ1v) is 8.56. The summed E-state index contributed by atoms with van der Waals surface area (Å²) in [5.74, 6) is 0.924. The SMILES string of the molecule is Clc1ccccc1-c1nccn1Cc1ccc2c(c1)CCCC2. The van der Waals surface area contributed by atoms with Crippen LogP contribution in [-0.2, 0) is 19.4 Å². The second-order valence-corrected chi connectivity index (χ2v) is 6.58. The van der Waals surface area contributed by atoms with Gasteiger partial charge >= 0.3 is 0 Å². The minimum absolute atomic E-state index is 0.741. The third-order valence-electron chi connectivity index (χ3n) is 4.60. The van der Waals surface area contributed by atoms with Crippen LogP contribution in [0.4, 0.5) is 0 Å². The van der Waals surface area contributed by atoms with E-state index in [2.05, 4.69) is 27.8 Å². The van der Waals surface area contributed by atoms with Crippen molar-refractivity contribution in [1.82, 2.24) is 9.55 Å². The van der Waals surface area contributed by atoms with E-state index in [1.807, 2.05) is 36.7 Å².